The molecule has 0 saturated carbocycles. The minimum atomic E-state index is -3.30. The Morgan fingerprint density at radius 2 is 1.83 bits per heavy atom. The van der Waals surface area contributed by atoms with Crippen LogP contribution in [-0.4, -0.2) is 62.9 Å². The Labute approximate surface area is 154 Å². The van der Waals surface area contributed by atoms with Crippen LogP contribution < -0.4 is 14.8 Å². The van der Waals surface area contributed by atoms with E-state index in [0.29, 0.717) is 47.7 Å². The normalized spacial score (nSPS) is 17.1. The van der Waals surface area contributed by atoms with E-state index in [1.54, 1.807) is 17.0 Å². The van der Waals surface area contributed by atoms with E-state index in [1.165, 1.54) is 14.2 Å². The van der Waals surface area contributed by atoms with E-state index in [-0.39, 0.29) is 12.4 Å². The SMILES string of the molecule is COc1cc([C@H](N2CCNCC2)C(F)(F)CO)c(OC)cc1Br.Cl. The summed E-state index contributed by atoms with van der Waals surface area (Å²) in [5.74, 6) is -2.53. The second-order valence-corrected chi connectivity index (χ2v) is 6.19. The van der Waals surface area contributed by atoms with Crippen LogP contribution in [0.4, 0.5) is 8.78 Å². The highest BCUT2D eigenvalue weighted by molar-refractivity contribution is 9.10. The van der Waals surface area contributed by atoms with Gasteiger partial charge in [-0.05, 0) is 28.1 Å². The number of benzene rings is 1. The number of halogens is 4. The minimum absolute atomic E-state index is 0. The third kappa shape index (κ3) is 4.49. The van der Waals surface area contributed by atoms with Gasteiger partial charge in [0.05, 0.1) is 18.7 Å². The Kier molecular flexibility index (Phi) is 8.14. The molecule has 0 amide bonds. The van der Waals surface area contributed by atoms with Crippen LogP contribution in [0.1, 0.15) is 11.6 Å². The van der Waals surface area contributed by atoms with Crippen LogP contribution in [-0.2, 0) is 0 Å². The topological polar surface area (TPSA) is 54.0 Å². The predicted octanol–water partition coefficient (Wildman–Crippen LogP) is 2.46. The van der Waals surface area contributed by atoms with Crippen molar-refractivity contribution in [3.8, 4) is 11.5 Å². The van der Waals surface area contributed by atoms with E-state index in [2.05, 4.69) is 21.2 Å². The lowest BCUT2D eigenvalue weighted by molar-refractivity contribution is -0.119. The highest BCUT2D eigenvalue weighted by atomic mass is 79.9. The number of ether oxygens (including phenoxy) is 2. The van der Waals surface area contributed by atoms with Crippen molar-refractivity contribution in [3.05, 3.63) is 22.2 Å². The van der Waals surface area contributed by atoms with Crippen molar-refractivity contribution in [2.24, 2.45) is 0 Å². The highest BCUT2D eigenvalue weighted by Gasteiger charge is 2.45. The fraction of sp³-hybridized carbons (Fsp3) is 0.600. The Bertz CT molecular complexity index is 546. The summed E-state index contributed by atoms with van der Waals surface area (Å²) in [7, 11) is 2.91. The molecule has 1 aromatic carbocycles. The number of hydrogen-bond donors (Lipinski definition) is 2. The first-order chi connectivity index (χ1) is 10.9. The average Bonchev–Trinajstić information content (AvgIpc) is 2.56. The first-order valence-electron chi connectivity index (χ1n) is 7.29. The van der Waals surface area contributed by atoms with Crippen LogP contribution in [0.15, 0.2) is 16.6 Å². The molecule has 1 saturated heterocycles. The largest absolute Gasteiger partial charge is 0.496 e. The van der Waals surface area contributed by atoms with Gasteiger partial charge < -0.3 is 19.9 Å². The lowest BCUT2D eigenvalue weighted by Gasteiger charge is -2.39. The molecular formula is C15H22BrClF2N2O3. The number of methoxy groups -OCH3 is 2. The molecule has 2 N–H and O–H groups in total. The molecule has 1 fully saturated rings. The van der Waals surface area contributed by atoms with Crippen LogP contribution in [0.3, 0.4) is 0 Å². The summed E-state index contributed by atoms with van der Waals surface area (Å²) in [6.07, 6.45) is 0. The number of alkyl halides is 2. The van der Waals surface area contributed by atoms with Crippen molar-refractivity contribution in [2.75, 3.05) is 47.0 Å². The number of nitrogens with one attached hydrogen (secondary N) is 1. The first kappa shape index (κ1) is 21.4. The minimum Gasteiger partial charge on any atom is -0.496 e. The molecule has 1 aliphatic rings. The number of aliphatic hydroxyl groups is 1. The summed E-state index contributed by atoms with van der Waals surface area (Å²) in [6, 6.07) is 1.86. The molecule has 0 spiro atoms. The van der Waals surface area contributed by atoms with Gasteiger partial charge in [-0.2, -0.15) is 0 Å². The second-order valence-electron chi connectivity index (χ2n) is 5.34. The molecule has 1 heterocycles. The van der Waals surface area contributed by atoms with Gasteiger partial charge in [-0.3, -0.25) is 4.90 Å². The second kappa shape index (κ2) is 9.15. The standard InChI is InChI=1S/C15H21BrF2N2O3.ClH/c1-22-12-8-11(16)13(23-2)7-10(12)14(15(17,18)9-21)20-5-3-19-4-6-20;/h7-8,14,19,21H,3-6,9H2,1-2H3;1H/t14-;/m0./s1. The van der Waals surface area contributed by atoms with Gasteiger partial charge in [0.15, 0.2) is 0 Å². The van der Waals surface area contributed by atoms with Crippen molar-refractivity contribution in [1.82, 2.24) is 10.2 Å². The van der Waals surface area contributed by atoms with Crippen molar-refractivity contribution in [2.45, 2.75) is 12.0 Å². The van der Waals surface area contributed by atoms with Crippen molar-refractivity contribution in [1.29, 1.82) is 0 Å². The Hall–Kier alpha value is -0.670. The molecule has 24 heavy (non-hydrogen) atoms. The molecular weight excluding hydrogens is 410 g/mol. The molecule has 0 aromatic heterocycles. The molecule has 0 radical (unpaired) electrons. The molecule has 1 atom stereocenters. The maximum absolute atomic E-state index is 14.5. The summed E-state index contributed by atoms with van der Waals surface area (Å²) in [6.45, 7) is 0.925. The summed E-state index contributed by atoms with van der Waals surface area (Å²) in [4.78, 5) is 1.66. The molecule has 9 heteroatoms. The lowest BCUT2D eigenvalue weighted by Crippen LogP contribution is -2.51. The number of piperazine rings is 1. The van der Waals surface area contributed by atoms with Crippen LogP contribution in [0, 0.1) is 0 Å². The van der Waals surface area contributed by atoms with Gasteiger partial charge >= 0.3 is 0 Å². The van der Waals surface area contributed by atoms with E-state index in [0.717, 1.165) is 0 Å². The first-order valence-corrected chi connectivity index (χ1v) is 8.08. The summed E-state index contributed by atoms with van der Waals surface area (Å²) >= 11 is 3.33. The molecule has 0 bridgehead atoms. The zero-order chi connectivity index (χ0) is 17.0. The van der Waals surface area contributed by atoms with Crippen molar-refractivity contribution >= 4 is 28.3 Å². The number of hydrogen-bond acceptors (Lipinski definition) is 5. The Morgan fingerprint density at radius 3 is 2.33 bits per heavy atom. The van der Waals surface area contributed by atoms with Gasteiger partial charge in [-0.25, -0.2) is 8.78 Å². The fourth-order valence-electron chi connectivity index (χ4n) is 2.82. The molecule has 2 rings (SSSR count). The number of nitrogens with zero attached hydrogens (tertiary/aromatic N) is 1. The fourth-order valence-corrected chi connectivity index (χ4v) is 3.30. The van der Waals surface area contributed by atoms with Gasteiger partial charge in [0.2, 0.25) is 0 Å². The summed E-state index contributed by atoms with van der Waals surface area (Å²) < 4.78 is 40.2. The van der Waals surface area contributed by atoms with E-state index in [4.69, 9.17) is 9.47 Å². The van der Waals surface area contributed by atoms with E-state index in [9.17, 15) is 13.9 Å². The number of aliphatic hydroxyl groups excluding tert-OH is 1. The quantitative estimate of drug-likeness (QED) is 0.725. The van der Waals surface area contributed by atoms with Gasteiger partial charge in [0, 0.05) is 31.7 Å². The summed E-state index contributed by atoms with van der Waals surface area (Å²) in [5.41, 5.74) is 0.300. The molecule has 138 valence electrons. The summed E-state index contributed by atoms with van der Waals surface area (Å²) in [5, 5.41) is 12.4. The third-order valence-electron chi connectivity index (χ3n) is 3.93. The maximum atomic E-state index is 14.5. The smallest absolute Gasteiger partial charge is 0.290 e. The third-order valence-corrected chi connectivity index (χ3v) is 4.55. The molecule has 1 aliphatic heterocycles. The average molecular weight is 432 g/mol. The zero-order valence-corrected chi connectivity index (χ0v) is 15.9. The van der Waals surface area contributed by atoms with Crippen molar-refractivity contribution in [3.63, 3.8) is 0 Å². The maximum Gasteiger partial charge on any atom is 0.290 e. The molecule has 0 unspecified atom stereocenters. The number of rotatable bonds is 6. The predicted molar refractivity (Wildman–Crippen MR) is 93.7 cm³/mol. The lowest BCUT2D eigenvalue weighted by atomic mass is 9.97. The van der Waals surface area contributed by atoms with E-state index >= 15 is 0 Å². The van der Waals surface area contributed by atoms with Crippen LogP contribution in [0.2, 0.25) is 0 Å². The van der Waals surface area contributed by atoms with Crippen LogP contribution >= 0.6 is 28.3 Å². The van der Waals surface area contributed by atoms with Gasteiger partial charge in [-0.15, -0.1) is 12.4 Å². The monoisotopic (exact) mass is 430 g/mol. The van der Waals surface area contributed by atoms with Crippen molar-refractivity contribution < 1.29 is 23.4 Å². The molecule has 5 nitrogen and oxygen atoms in total. The van der Waals surface area contributed by atoms with E-state index < -0.39 is 18.6 Å². The van der Waals surface area contributed by atoms with E-state index in [1.807, 2.05) is 0 Å². The van der Waals surface area contributed by atoms with Crippen LogP contribution in [0.25, 0.3) is 0 Å². The Balaban J connectivity index is 0.00000288. The highest BCUT2D eigenvalue weighted by Crippen LogP contribution is 2.44. The van der Waals surface area contributed by atoms with Gasteiger partial charge in [0.1, 0.15) is 24.1 Å². The molecule has 1 aromatic rings. The Morgan fingerprint density at radius 1 is 1.25 bits per heavy atom. The van der Waals surface area contributed by atoms with Gasteiger partial charge in [-0.1, -0.05) is 0 Å². The van der Waals surface area contributed by atoms with Crippen LogP contribution in [0.5, 0.6) is 11.5 Å². The van der Waals surface area contributed by atoms with Gasteiger partial charge in [0.25, 0.3) is 5.92 Å². The molecule has 0 aliphatic carbocycles. The zero-order valence-electron chi connectivity index (χ0n) is 13.5.